The Morgan fingerprint density at radius 2 is 0.902 bits per heavy atom. The summed E-state index contributed by atoms with van der Waals surface area (Å²) in [5.74, 6) is -1.15. The minimum Gasteiger partial charge on any atom is -0.508 e. The molecule has 0 unspecified atom stereocenters. The molecule has 0 radical (unpaired) electrons. The number of hydrogen-bond acceptors (Lipinski definition) is 5. The van der Waals surface area contributed by atoms with Gasteiger partial charge in [0.2, 0.25) is 11.8 Å². The number of carbonyl (C=O) groups excluding carboxylic acids is 4. The van der Waals surface area contributed by atoms with Crippen LogP contribution in [-0.2, 0) is 22.7 Å². The monoisotopic (exact) mass is 556 g/mol. The lowest BCUT2D eigenvalue weighted by Crippen LogP contribution is -2.25. The number of anilines is 2. The molecule has 3 aromatic rings. The van der Waals surface area contributed by atoms with Crippen molar-refractivity contribution in [1.29, 1.82) is 0 Å². The maximum Gasteiger partial charge on any atom is 0.251 e. The molecule has 9 nitrogen and oxygen atoms in total. The fourth-order valence-electron chi connectivity index (χ4n) is 4.58. The third-order valence-electron chi connectivity index (χ3n) is 6.88. The molecule has 4 heterocycles. The van der Waals surface area contributed by atoms with Crippen LogP contribution in [0.5, 0.6) is 5.75 Å². The van der Waals surface area contributed by atoms with E-state index in [1.165, 1.54) is 18.2 Å². The lowest BCUT2D eigenvalue weighted by atomic mass is 10.1. The van der Waals surface area contributed by atoms with Gasteiger partial charge in [0, 0.05) is 48.4 Å². The molecule has 214 valence electrons. The first kappa shape index (κ1) is 29.3. The minimum atomic E-state index is -0.436. The summed E-state index contributed by atoms with van der Waals surface area (Å²) >= 11 is 0. The number of carbonyl (C=O) groups is 4. The van der Waals surface area contributed by atoms with E-state index in [4.69, 9.17) is 0 Å². The van der Waals surface area contributed by atoms with Crippen LogP contribution in [0.1, 0.15) is 83.2 Å². The Kier molecular flexibility index (Phi) is 10.5. The Labute approximate surface area is 239 Å². The molecular weight excluding hydrogens is 520 g/mol. The average Bonchev–Trinajstić information content (AvgIpc) is 2.96. The van der Waals surface area contributed by atoms with Gasteiger partial charge in [0.1, 0.15) is 5.75 Å². The fourth-order valence-corrected chi connectivity index (χ4v) is 4.58. The first-order valence-corrected chi connectivity index (χ1v) is 14.0. The molecule has 4 aliphatic rings. The molecule has 7 rings (SSSR count). The lowest BCUT2D eigenvalue weighted by Gasteiger charge is -2.10. The van der Waals surface area contributed by atoms with Crippen molar-refractivity contribution >= 4 is 35.0 Å². The topological polar surface area (TPSA) is 137 Å². The molecule has 0 saturated carbocycles. The maximum absolute atomic E-state index is 12.8. The van der Waals surface area contributed by atoms with Crippen LogP contribution in [0.3, 0.4) is 0 Å². The highest BCUT2D eigenvalue weighted by Crippen LogP contribution is 2.18. The smallest absolute Gasteiger partial charge is 0.251 e. The molecule has 4 amide bonds. The minimum absolute atomic E-state index is 0.0385. The third kappa shape index (κ3) is 9.49. The summed E-state index contributed by atoms with van der Waals surface area (Å²) in [4.78, 5) is 50.1. The van der Waals surface area contributed by atoms with Crippen LogP contribution < -0.4 is 21.3 Å². The van der Waals surface area contributed by atoms with Gasteiger partial charge in [-0.05, 0) is 66.4 Å². The summed E-state index contributed by atoms with van der Waals surface area (Å²) in [5.41, 5.74) is 3.35. The number of aromatic hydroxyl groups is 1. The van der Waals surface area contributed by atoms with Crippen LogP contribution in [0, 0.1) is 0 Å². The Balaban J connectivity index is 1.43. The molecule has 5 N–H and O–H groups in total. The molecule has 0 aromatic heterocycles. The molecule has 0 atom stereocenters. The van der Waals surface area contributed by atoms with E-state index in [0.717, 1.165) is 49.7 Å². The molecular formula is C32H36N4O5. The molecule has 0 spiro atoms. The number of phenols is 1. The van der Waals surface area contributed by atoms with E-state index in [2.05, 4.69) is 21.3 Å². The molecule has 0 fully saturated rings. The SMILES string of the molecule is O=C1CCCCCCCCC(=O)Nc2ccc(cc2)CNC(=O)c2cc(O)cc(c2)C(=O)NCc2ccc(cc2)N1. The third-order valence-corrected chi connectivity index (χ3v) is 6.88. The van der Waals surface area contributed by atoms with Crippen molar-refractivity contribution in [2.24, 2.45) is 0 Å². The summed E-state index contributed by atoms with van der Waals surface area (Å²) in [7, 11) is 0. The molecule has 9 heteroatoms. The van der Waals surface area contributed by atoms with Crippen molar-refractivity contribution in [2.45, 2.75) is 64.5 Å². The number of hydrogen-bond donors (Lipinski definition) is 5. The normalized spacial score (nSPS) is 16.4. The van der Waals surface area contributed by atoms with Gasteiger partial charge >= 0.3 is 0 Å². The van der Waals surface area contributed by atoms with Crippen molar-refractivity contribution < 1.29 is 24.3 Å². The molecule has 41 heavy (non-hydrogen) atoms. The molecule has 0 saturated heterocycles. The maximum atomic E-state index is 12.8. The highest BCUT2D eigenvalue weighted by molar-refractivity contribution is 6.00. The van der Waals surface area contributed by atoms with Gasteiger partial charge in [0.25, 0.3) is 11.8 Å². The van der Waals surface area contributed by atoms with Gasteiger partial charge in [-0.25, -0.2) is 0 Å². The van der Waals surface area contributed by atoms with E-state index in [9.17, 15) is 24.3 Å². The Hall–Kier alpha value is -4.66. The van der Waals surface area contributed by atoms with E-state index in [1.807, 2.05) is 24.3 Å². The summed E-state index contributed by atoms with van der Waals surface area (Å²) < 4.78 is 0. The quantitative estimate of drug-likeness (QED) is 0.257. The molecule has 3 aromatic carbocycles. The first-order valence-electron chi connectivity index (χ1n) is 14.0. The molecule has 6 bridgehead atoms. The average molecular weight is 557 g/mol. The van der Waals surface area contributed by atoms with Gasteiger partial charge in [0.05, 0.1) is 0 Å². The van der Waals surface area contributed by atoms with Crippen molar-refractivity contribution in [3.05, 3.63) is 89.0 Å². The fraction of sp³-hybridized carbons (Fsp3) is 0.312. The van der Waals surface area contributed by atoms with E-state index in [1.54, 1.807) is 24.3 Å². The summed E-state index contributed by atoms with van der Waals surface area (Å²) in [6.07, 6.45) is 6.49. The number of rotatable bonds is 0. The lowest BCUT2D eigenvalue weighted by molar-refractivity contribution is -0.117. The van der Waals surface area contributed by atoms with Crippen molar-refractivity contribution in [2.75, 3.05) is 10.6 Å². The van der Waals surface area contributed by atoms with E-state index < -0.39 is 11.8 Å². The van der Waals surface area contributed by atoms with Crippen LogP contribution in [0.15, 0.2) is 66.7 Å². The zero-order chi connectivity index (χ0) is 29.0. The van der Waals surface area contributed by atoms with Crippen LogP contribution in [0.2, 0.25) is 0 Å². The van der Waals surface area contributed by atoms with E-state index >= 15 is 0 Å². The van der Waals surface area contributed by atoms with Crippen LogP contribution in [-0.4, -0.2) is 28.7 Å². The van der Waals surface area contributed by atoms with Crippen molar-refractivity contribution in [1.82, 2.24) is 10.6 Å². The van der Waals surface area contributed by atoms with Crippen LogP contribution in [0.4, 0.5) is 11.4 Å². The predicted octanol–water partition coefficient (Wildman–Crippen LogP) is 5.26. The largest absolute Gasteiger partial charge is 0.508 e. The highest BCUT2D eigenvalue weighted by Gasteiger charge is 2.14. The summed E-state index contributed by atoms with van der Waals surface area (Å²) in [6, 6.07) is 18.5. The first-order chi connectivity index (χ1) is 19.9. The Bertz CT molecular complexity index is 1270. The van der Waals surface area contributed by atoms with Gasteiger partial charge < -0.3 is 26.4 Å². The van der Waals surface area contributed by atoms with Gasteiger partial charge in [0.15, 0.2) is 0 Å². The highest BCUT2D eigenvalue weighted by atomic mass is 16.3. The van der Waals surface area contributed by atoms with Gasteiger partial charge in [-0.3, -0.25) is 19.2 Å². The van der Waals surface area contributed by atoms with Gasteiger partial charge in [-0.15, -0.1) is 0 Å². The summed E-state index contributed by atoms with van der Waals surface area (Å²) in [5, 5.41) is 21.5. The van der Waals surface area contributed by atoms with Crippen molar-refractivity contribution in [3.8, 4) is 5.75 Å². The zero-order valence-electron chi connectivity index (χ0n) is 23.0. The van der Waals surface area contributed by atoms with E-state index in [0.29, 0.717) is 24.2 Å². The summed E-state index contributed by atoms with van der Waals surface area (Å²) in [6.45, 7) is 0.474. The second-order valence-corrected chi connectivity index (χ2v) is 10.2. The standard InChI is InChI=1S/C32H36N4O5/c37-28-18-24-17-25(19-28)32(41)34-21-23-11-15-27(16-12-23)36-30(39)8-6-4-2-1-3-5-7-29(38)35-26-13-9-22(10-14-26)20-33-31(24)40/h9-19,37H,1-8,20-21H2,(H,33,40)(H,34,41)(H,35,38)(H,36,39). The second-order valence-electron chi connectivity index (χ2n) is 10.2. The van der Waals surface area contributed by atoms with Gasteiger partial charge in [-0.1, -0.05) is 49.9 Å². The van der Waals surface area contributed by atoms with Crippen molar-refractivity contribution in [3.63, 3.8) is 0 Å². The Morgan fingerprint density at radius 1 is 0.512 bits per heavy atom. The van der Waals surface area contributed by atoms with Crippen LogP contribution in [0.25, 0.3) is 0 Å². The zero-order valence-corrected chi connectivity index (χ0v) is 23.0. The number of benzene rings is 3. The van der Waals surface area contributed by atoms with Crippen LogP contribution >= 0.6 is 0 Å². The van der Waals surface area contributed by atoms with E-state index in [-0.39, 0.29) is 41.8 Å². The molecule has 4 aliphatic heterocycles. The molecule has 0 aliphatic carbocycles. The van der Waals surface area contributed by atoms with Gasteiger partial charge in [-0.2, -0.15) is 0 Å². The Morgan fingerprint density at radius 3 is 1.32 bits per heavy atom. The predicted molar refractivity (Wildman–Crippen MR) is 158 cm³/mol. The second kappa shape index (κ2) is 14.6. The number of phenolic OH excluding ortho intramolecular Hbond substituents is 1. The number of amides is 4. The number of nitrogens with one attached hydrogen (secondary N) is 4.